The zero-order valence-corrected chi connectivity index (χ0v) is 40.6. The van der Waals surface area contributed by atoms with Crippen molar-refractivity contribution in [3.8, 4) is 22.3 Å². The van der Waals surface area contributed by atoms with Gasteiger partial charge in [0.15, 0.2) is 0 Å². The lowest BCUT2D eigenvalue weighted by Gasteiger charge is -2.30. The molecule has 0 saturated carbocycles. The summed E-state index contributed by atoms with van der Waals surface area (Å²) in [5, 5.41) is 8.92. The number of fused-ring (bicyclic) bond motifs is 9. The number of anilines is 6. The summed E-state index contributed by atoms with van der Waals surface area (Å²) in [6.07, 6.45) is 0. The van der Waals surface area contributed by atoms with Gasteiger partial charge in [0.1, 0.15) is 16.1 Å². The van der Waals surface area contributed by atoms with Gasteiger partial charge in [-0.2, -0.15) is 0 Å². The quantitative estimate of drug-likeness (QED) is 0.154. The van der Waals surface area contributed by atoms with E-state index in [1.807, 2.05) is 0 Å². The smallest absolute Gasteiger partial charge is 0.113 e. The highest BCUT2D eigenvalue weighted by Crippen LogP contribution is 2.45. The van der Waals surface area contributed by atoms with Crippen molar-refractivity contribution in [1.82, 2.24) is 0 Å². The minimum atomic E-state index is -2.07. The van der Waals surface area contributed by atoms with Gasteiger partial charge in [-0.15, -0.1) is 0 Å². The van der Waals surface area contributed by atoms with Gasteiger partial charge < -0.3 is 9.80 Å². The van der Waals surface area contributed by atoms with Crippen LogP contribution < -0.4 is 30.5 Å². The third-order valence-corrected chi connectivity index (χ3v) is 21.4. The monoisotopic (exact) mass is 838 g/mol. The first-order valence-corrected chi connectivity index (χ1v) is 28.3. The zero-order chi connectivity index (χ0) is 43.6. The lowest BCUT2D eigenvalue weighted by molar-refractivity contribution is 1.21. The summed E-state index contributed by atoms with van der Waals surface area (Å²) < 4.78 is 0. The van der Waals surface area contributed by atoms with Gasteiger partial charge in [-0.05, 0) is 180 Å². The van der Waals surface area contributed by atoms with Crippen molar-refractivity contribution < 1.29 is 0 Å². The van der Waals surface area contributed by atoms with Crippen LogP contribution in [0.4, 0.5) is 34.1 Å². The highest BCUT2D eigenvalue weighted by molar-refractivity contribution is 7.05. The maximum atomic E-state index is 2.56. The van der Waals surface area contributed by atoms with Crippen LogP contribution in [0.2, 0.25) is 26.2 Å². The molecule has 0 radical (unpaired) electrons. The second-order valence-electron chi connectivity index (χ2n) is 19.6. The zero-order valence-electron chi connectivity index (χ0n) is 38.6. The van der Waals surface area contributed by atoms with E-state index < -0.39 is 16.1 Å². The Kier molecular flexibility index (Phi) is 9.26. The normalized spacial score (nSPS) is 14.1. The third-order valence-electron chi connectivity index (χ3n) is 14.3. The highest BCUT2D eigenvalue weighted by Gasteiger charge is 2.42. The van der Waals surface area contributed by atoms with Crippen molar-refractivity contribution in [2.24, 2.45) is 0 Å². The van der Waals surface area contributed by atoms with E-state index in [1.54, 1.807) is 10.4 Å². The SMILES string of the molecule is Cc1ccc(N(c2ccc3c(c2)[Si](C)(C)c2ccc4c5c(ccc4c2-3)[Si](C)(C)c2cc(N(c3ccc(C)cc3C)c3ccc(C)cc3C)ccc2-5)c2ccc(C)cc2C)c(C)c1. The molecule has 0 aliphatic carbocycles. The van der Waals surface area contributed by atoms with E-state index in [9.17, 15) is 0 Å². The number of rotatable bonds is 6. The Balaban J connectivity index is 1.13. The Morgan fingerprint density at radius 1 is 0.306 bits per heavy atom. The molecule has 0 unspecified atom stereocenters. The molecule has 2 aliphatic rings. The van der Waals surface area contributed by atoms with Gasteiger partial charge in [-0.1, -0.05) is 133 Å². The first-order valence-electron chi connectivity index (χ1n) is 22.3. The van der Waals surface area contributed by atoms with Crippen molar-refractivity contribution in [1.29, 1.82) is 0 Å². The van der Waals surface area contributed by atoms with Crippen LogP contribution in [-0.4, -0.2) is 16.1 Å². The number of aryl methyl sites for hydroxylation is 8. The van der Waals surface area contributed by atoms with E-state index >= 15 is 0 Å². The molecule has 0 fully saturated rings. The van der Waals surface area contributed by atoms with E-state index in [0.717, 1.165) is 0 Å². The fourth-order valence-corrected chi connectivity index (χ4v) is 17.3. The molecular weight excluding hydrogens is 781 g/mol. The standard InChI is InChI=1S/C58H58N2Si2/c1-35-13-23-49(39(5)29-35)59(50-24-14-36(2)30-40(50)6)43-17-19-47-55(33-43)61(9,10)53-27-21-46-45(57(47)53)22-28-54-58(46)48-20-18-44(34-56(48)62(54,11)12)60(51-25-15-37(3)31-41(51)7)52-26-16-38(4)32-42(52)8/h13-34H,1-12H3. The topological polar surface area (TPSA) is 6.48 Å². The molecule has 2 heterocycles. The highest BCUT2D eigenvalue weighted by atomic mass is 28.3. The maximum Gasteiger partial charge on any atom is 0.113 e. The predicted molar refractivity (Wildman–Crippen MR) is 276 cm³/mol. The van der Waals surface area contributed by atoms with Gasteiger partial charge in [-0.25, -0.2) is 0 Å². The van der Waals surface area contributed by atoms with Crippen LogP contribution >= 0.6 is 0 Å². The van der Waals surface area contributed by atoms with Gasteiger partial charge in [0.05, 0.1) is 0 Å². The lowest BCUT2D eigenvalue weighted by Crippen LogP contribution is -2.49. The Morgan fingerprint density at radius 3 is 0.903 bits per heavy atom. The Hall–Kier alpha value is -5.95. The van der Waals surface area contributed by atoms with Crippen LogP contribution in [-0.2, 0) is 0 Å². The summed E-state index contributed by atoms with van der Waals surface area (Å²) in [6.45, 7) is 28.0. The largest absolute Gasteiger partial charge is 0.310 e. The van der Waals surface area contributed by atoms with Gasteiger partial charge in [-0.3, -0.25) is 0 Å². The summed E-state index contributed by atoms with van der Waals surface area (Å²) in [6, 6.07) is 52.2. The number of hydrogen-bond acceptors (Lipinski definition) is 2. The van der Waals surface area contributed by atoms with Crippen molar-refractivity contribution in [3.05, 3.63) is 178 Å². The molecule has 0 spiro atoms. The molecule has 0 amide bonds. The first kappa shape index (κ1) is 40.1. The average Bonchev–Trinajstić information content (AvgIpc) is 3.60. The maximum absolute atomic E-state index is 2.56. The predicted octanol–water partition coefficient (Wildman–Crippen LogP) is 13.9. The summed E-state index contributed by atoms with van der Waals surface area (Å²) in [7, 11) is -4.15. The number of nitrogens with zero attached hydrogens (tertiary/aromatic N) is 2. The van der Waals surface area contributed by atoms with Crippen LogP contribution in [0.25, 0.3) is 33.0 Å². The minimum Gasteiger partial charge on any atom is -0.310 e. The molecule has 10 rings (SSSR count). The van der Waals surface area contributed by atoms with Gasteiger partial charge in [0, 0.05) is 34.1 Å². The summed E-state index contributed by atoms with van der Waals surface area (Å²) in [4.78, 5) is 5.00. The summed E-state index contributed by atoms with van der Waals surface area (Å²) in [5.41, 5.74) is 23.4. The van der Waals surface area contributed by atoms with E-state index in [4.69, 9.17) is 0 Å². The van der Waals surface area contributed by atoms with E-state index in [2.05, 4.69) is 225 Å². The molecule has 0 saturated heterocycles. The average molecular weight is 839 g/mol. The molecule has 0 atom stereocenters. The van der Waals surface area contributed by atoms with Gasteiger partial charge >= 0.3 is 0 Å². The minimum absolute atomic E-state index is 1.23. The Labute approximate surface area is 371 Å². The molecule has 8 aromatic carbocycles. The van der Waals surface area contributed by atoms with Crippen LogP contribution in [0.5, 0.6) is 0 Å². The van der Waals surface area contributed by atoms with Crippen molar-refractivity contribution >= 4 is 81.8 Å². The molecule has 62 heavy (non-hydrogen) atoms. The van der Waals surface area contributed by atoms with Crippen LogP contribution in [0, 0.1) is 55.4 Å². The van der Waals surface area contributed by atoms with Crippen molar-refractivity contribution in [3.63, 3.8) is 0 Å². The Bertz CT molecular complexity index is 2870. The van der Waals surface area contributed by atoms with Crippen molar-refractivity contribution in [2.45, 2.75) is 81.6 Å². The molecule has 8 aromatic rings. The number of benzene rings is 8. The molecular formula is C58H58N2Si2. The van der Waals surface area contributed by atoms with Crippen molar-refractivity contribution in [2.75, 3.05) is 9.80 Å². The molecule has 2 aliphatic heterocycles. The first-order chi connectivity index (χ1) is 29.5. The van der Waals surface area contributed by atoms with Crippen LogP contribution in [0.15, 0.2) is 133 Å². The third kappa shape index (κ3) is 6.09. The Morgan fingerprint density at radius 2 is 0.613 bits per heavy atom. The molecule has 308 valence electrons. The number of hydrogen-bond donors (Lipinski definition) is 0. The van der Waals surface area contributed by atoms with Crippen LogP contribution in [0.1, 0.15) is 44.5 Å². The molecule has 0 aromatic heterocycles. The van der Waals surface area contributed by atoms with E-state index in [-0.39, 0.29) is 0 Å². The summed E-state index contributed by atoms with van der Waals surface area (Å²) >= 11 is 0. The molecule has 2 nitrogen and oxygen atoms in total. The second-order valence-corrected chi connectivity index (χ2v) is 28.3. The van der Waals surface area contributed by atoms with Crippen LogP contribution in [0.3, 0.4) is 0 Å². The fraction of sp³-hybridized carbons (Fsp3) is 0.207. The van der Waals surface area contributed by atoms with E-state index in [1.165, 1.54) is 122 Å². The second kappa shape index (κ2) is 14.3. The lowest BCUT2D eigenvalue weighted by atomic mass is 9.92. The summed E-state index contributed by atoms with van der Waals surface area (Å²) in [5.74, 6) is 0. The van der Waals surface area contributed by atoms with Gasteiger partial charge in [0.2, 0.25) is 0 Å². The molecule has 4 heteroatoms. The molecule has 0 N–H and O–H groups in total. The van der Waals surface area contributed by atoms with Gasteiger partial charge in [0.25, 0.3) is 0 Å². The molecule has 0 bridgehead atoms. The fourth-order valence-electron chi connectivity index (χ4n) is 11.2. The van der Waals surface area contributed by atoms with E-state index in [0.29, 0.717) is 0 Å².